The SMILES string of the molecule is CN(Cc1cn(-c2ccccc2)nc1-c1cccs1)C(=O)C1CNC1. The van der Waals surface area contributed by atoms with Crippen LogP contribution in [0, 0.1) is 5.92 Å². The number of benzene rings is 1. The van der Waals surface area contributed by atoms with E-state index < -0.39 is 0 Å². The van der Waals surface area contributed by atoms with Crippen molar-refractivity contribution in [1.29, 1.82) is 0 Å². The number of hydrogen-bond donors (Lipinski definition) is 1. The first-order chi connectivity index (χ1) is 12.2. The molecule has 5 nitrogen and oxygen atoms in total. The van der Waals surface area contributed by atoms with E-state index in [0.29, 0.717) is 6.54 Å². The van der Waals surface area contributed by atoms with Crippen molar-refractivity contribution in [1.82, 2.24) is 20.0 Å². The van der Waals surface area contributed by atoms with Gasteiger partial charge in [0.05, 0.1) is 16.5 Å². The van der Waals surface area contributed by atoms with Gasteiger partial charge < -0.3 is 10.2 Å². The van der Waals surface area contributed by atoms with E-state index in [1.165, 1.54) is 0 Å². The van der Waals surface area contributed by atoms with Crippen molar-refractivity contribution in [3.63, 3.8) is 0 Å². The predicted molar refractivity (Wildman–Crippen MR) is 99.7 cm³/mol. The molecule has 25 heavy (non-hydrogen) atoms. The smallest absolute Gasteiger partial charge is 0.228 e. The maximum absolute atomic E-state index is 12.5. The molecular formula is C19H20N4OS. The quantitative estimate of drug-likeness (QED) is 0.768. The molecule has 3 heterocycles. The average Bonchev–Trinajstić information content (AvgIpc) is 3.23. The molecule has 1 aromatic carbocycles. The Morgan fingerprint density at radius 2 is 2.08 bits per heavy atom. The minimum atomic E-state index is 0.111. The number of hydrogen-bond acceptors (Lipinski definition) is 4. The van der Waals surface area contributed by atoms with E-state index in [2.05, 4.69) is 16.8 Å². The largest absolute Gasteiger partial charge is 0.341 e. The number of nitrogens with zero attached hydrogens (tertiary/aromatic N) is 3. The maximum atomic E-state index is 12.5. The highest BCUT2D eigenvalue weighted by Gasteiger charge is 2.28. The summed E-state index contributed by atoms with van der Waals surface area (Å²) in [4.78, 5) is 15.4. The number of thiophene rings is 1. The molecule has 0 atom stereocenters. The summed E-state index contributed by atoms with van der Waals surface area (Å²) in [5, 5.41) is 10.0. The first kappa shape index (κ1) is 16.1. The second-order valence-corrected chi connectivity index (χ2v) is 7.26. The molecule has 1 fully saturated rings. The molecule has 0 unspecified atom stereocenters. The summed E-state index contributed by atoms with van der Waals surface area (Å²) in [6.07, 6.45) is 2.03. The Morgan fingerprint density at radius 3 is 2.72 bits per heavy atom. The van der Waals surface area contributed by atoms with Crippen LogP contribution in [0.5, 0.6) is 0 Å². The van der Waals surface area contributed by atoms with Crippen molar-refractivity contribution in [3.05, 3.63) is 59.6 Å². The second kappa shape index (κ2) is 6.82. The van der Waals surface area contributed by atoms with Gasteiger partial charge >= 0.3 is 0 Å². The molecule has 4 rings (SSSR count). The Morgan fingerprint density at radius 1 is 1.28 bits per heavy atom. The fourth-order valence-electron chi connectivity index (χ4n) is 2.97. The summed E-state index contributed by atoms with van der Waals surface area (Å²) in [5.41, 5.74) is 3.03. The average molecular weight is 352 g/mol. The lowest BCUT2D eigenvalue weighted by Crippen LogP contribution is -2.50. The Bertz CT molecular complexity index is 853. The summed E-state index contributed by atoms with van der Waals surface area (Å²) in [7, 11) is 1.87. The van der Waals surface area contributed by atoms with Crippen molar-refractivity contribution < 1.29 is 4.79 Å². The minimum Gasteiger partial charge on any atom is -0.341 e. The lowest BCUT2D eigenvalue weighted by Gasteiger charge is -2.30. The molecule has 0 bridgehead atoms. The van der Waals surface area contributed by atoms with Crippen molar-refractivity contribution in [2.45, 2.75) is 6.54 Å². The van der Waals surface area contributed by atoms with Gasteiger partial charge in [-0.2, -0.15) is 5.10 Å². The number of nitrogens with one attached hydrogen (secondary N) is 1. The standard InChI is InChI=1S/C19H20N4OS/c1-22(19(24)14-10-20-11-14)12-15-13-23(16-6-3-2-4-7-16)21-18(15)17-8-5-9-25-17/h2-9,13-14,20H,10-12H2,1H3. The van der Waals surface area contributed by atoms with Crippen molar-refractivity contribution >= 4 is 17.2 Å². The fraction of sp³-hybridized carbons (Fsp3) is 0.263. The lowest BCUT2D eigenvalue weighted by atomic mass is 10.0. The molecule has 3 aromatic rings. The summed E-state index contributed by atoms with van der Waals surface area (Å²) in [5.74, 6) is 0.308. The number of amides is 1. The number of para-hydroxylation sites is 1. The normalized spacial score (nSPS) is 14.3. The highest BCUT2D eigenvalue weighted by molar-refractivity contribution is 7.13. The highest BCUT2D eigenvalue weighted by atomic mass is 32.1. The van der Waals surface area contributed by atoms with Crippen molar-refractivity contribution in [2.24, 2.45) is 5.92 Å². The van der Waals surface area contributed by atoms with Gasteiger partial charge in [0, 0.05) is 38.4 Å². The Balaban J connectivity index is 1.65. The Hall–Kier alpha value is -2.44. The third-order valence-electron chi connectivity index (χ3n) is 4.48. The van der Waals surface area contributed by atoms with Gasteiger partial charge in [0.2, 0.25) is 5.91 Å². The summed E-state index contributed by atoms with van der Waals surface area (Å²) in [6.45, 7) is 2.13. The zero-order valence-electron chi connectivity index (χ0n) is 14.1. The number of carbonyl (C=O) groups excluding carboxylic acids is 1. The minimum absolute atomic E-state index is 0.111. The third kappa shape index (κ3) is 3.23. The first-order valence-electron chi connectivity index (χ1n) is 8.36. The van der Waals surface area contributed by atoms with E-state index >= 15 is 0 Å². The molecule has 0 spiro atoms. The molecule has 0 saturated carbocycles. The van der Waals surface area contributed by atoms with Crippen LogP contribution in [-0.4, -0.2) is 40.7 Å². The van der Waals surface area contributed by atoms with E-state index in [4.69, 9.17) is 5.10 Å². The molecule has 128 valence electrons. The van der Waals surface area contributed by atoms with E-state index in [1.54, 1.807) is 11.3 Å². The van der Waals surface area contributed by atoms with Crippen LogP contribution in [-0.2, 0) is 11.3 Å². The van der Waals surface area contributed by atoms with E-state index in [1.807, 2.05) is 59.2 Å². The van der Waals surface area contributed by atoms with Gasteiger partial charge in [-0.3, -0.25) is 4.79 Å². The maximum Gasteiger partial charge on any atom is 0.228 e. The molecular weight excluding hydrogens is 332 g/mol. The summed E-state index contributed by atoms with van der Waals surface area (Å²) in [6, 6.07) is 14.2. The van der Waals surface area contributed by atoms with Crippen LogP contribution in [0.25, 0.3) is 16.3 Å². The van der Waals surface area contributed by atoms with Gasteiger partial charge in [0.15, 0.2) is 0 Å². The summed E-state index contributed by atoms with van der Waals surface area (Å²) >= 11 is 1.67. The Labute approximate surface area is 150 Å². The van der Waals surface area contributed by atoms with E-state index in [9.17, 15) is 4.79 Å². The molecule has 0 aliphatic carbocycles. The second-order valence-electron chi connectivity index (χ2n) is 6.31. The van der Waals surface area contributed by atoms with Crippen LogP contribution in [0.15, 0.2) is 54.0 Å². The van der Waals surface area contributed by atoms with Gasteiger partial charge in [0.1, 0.15) is 5.69 Å². The molecule has 2 aromatic heterocycles. The van der Waals surface area contributed by atoms with Crippen LogP contribution in [0.2, 0.25) is 0 Å². The fourth-order valence-corrected chi connectivity index (χ4v) is 3.71. The predicted octanol–water partition coefficient (Wildman–Crippen LogP) is 2.78. The molecule has 1 aliphatic heterocycles. The van der Waals surface area contributed by atoms with Crippen molar-refractivity contribution in [3.8, 4) is 16.3 Å². The monoisotopic (exact) mass is 352 g/mol. The van der Waals surface area contributed by atoms with Crippen LogP contribution in [0.3, 0.4) is 0 Å². The lowest BCUT2D eigenvalue weighted by molar-refractivity contribution is -0.136. The molecule has 1 N–H and O–H groups in total. The molecule has 1 aliphatic rings. The van der Waals surface area contributed by atoms with Crippen molar-refractivity contribution in [2.75, 3.05) is 20.1 Å². The molecule has 0 radical (unpaired) electrons. The number of aromatic nitrogens is 2. The number of rotatable bonds is 5. The topological polar surface area (TPSA) is 50.2 Å². The number of carbonyl (C=O) groups is 1. The van der Waals surface area contributed by atoms with E-state index in [0.717, 1.165) is 34.9 Å². The van der Waals surface area contributed by atoms with Gasteiger partial charge in [0.25, 0.3) is 0 Å². The van der Waals surface area contributed by atoms with Gasteiger partial charge in [-0.25, -0.2) is 4.68 Å². The zero-order valence-corrected chi connectivity index (χ0v) is 14.9. The van der Waals surface area contributed by atoms with Crippen LogP contribution in [0.1, 0.15) is 5.56 Å². The molecule has 1 amide bonds. The van der Waals surface area contributed by atoms with Gasteiger partial charge in [-0.15, -0.1) is 11.3 Å². The molecule has 6 heteroatoms. The third-order valence-corrected chi connectivity index (χ3v) is 5.36. The zero-order chi connectivity index (χ0) is 17.2. The van der Waals surface area contributed by atoms with Gasteiger partial charge in [-0.05, 0) is 23.6 Å². The van der Waals surface area contributed by atoms with Crippen LogP contribution in [0.4, 0.5) is 0 Å². The summed E-state index contributed by atoms with van der Waals surface area (Å²) < 4.78 is 1.90. The highest BCUT2D eigenvalue weighted by Crippen LogP contribution is 2.28. The van der Waals surface area contributed by atoms with E-state index in [-0.39, 0.29) is 11.8 Å². The first-order valence-corrected chi connectivity index (χ1v) is 9.24. The molecule has 1 saturated heterocycles. The Kier molecular flexibility index (Phi) is 4.38. The van der Waals surface area contributed by atoms with Crippen LogP contribution >= 0.6 is 11.3 Å². The van der Waals surface area contributed by atoms with Crippen LogP contribution < -0.4 is 5.32 Å². The van der Waals surface area contributed by atoms with Gasteiger partial charge in [-0.1, -0.05) is 24.3 Å².